The quantitative estimate of drug-likeness (QED) is 0.279. The third-order valence-electron chi connectivity index (χ3n) is 5.98. The standard InChI is InChI=1S/C28H37N3O5/c1-17-23(12-13-35-20-10-8-18(9-11-20)16-31(34)26(29)33)30-25(36-17)19-14-21(27(2,3)4)24(32)22(15-19)28(5,6)7/h8-11,14-15,32,34H,12-13,16H2,1-7H3,(H2,29,33). The molecule has 0 aliphatic carbocycles. The lowest BCUT2D eigenvalue weighted by Crippen LogP contribution is -2.31. The van der Waals surface area contributed by atoms with Crippen molar-refractivity contribution in [1.82, 2.24) is 10.0 Å². The van der Waals surface area contributed by atoms with Crippen LogP contribution < -0.4 is 10.5 Å². The number of urea groups is 1. The van der Waals surface area contributed by atoms with E-state index in [1.54, 1.807) is 24.3 Å². The largest absolute Gasteiger partial charge is 0.507 e. The number of ether oxygens (including phenoxy) is 1. The van der Waals surface area contributed by atoms with Gasteiger partial charge in [-0.3, -0.25) is 5.21 Å². The Balaban J connectivity index is 1.75. The lowest BCUT2D eigenvalue weighted by atomic mass is 9.78. The van der Waals surface area contributed by atoms with E-state index in [9.17, 15) is 15.1 Å². The van der Waals surface area contributed by atoms with Crippen LogP contribution in [0.3, 0.4) is 0 Å². The maximum absolute atomic E-state index is 11.0. The fourth-order valence-corrected chi connectivity index (χ4v) is 3.89. The Morgan fingerprint density at radius 3 is 2.11 bits per heavy atom. The molecule has 0 saturated heterocycles. The summed E-state index contributed by atoms with van der Waals surface area (Å²) >= 11 is 0. The second kappa shape index (κ2) is 10.2. The molecule has 3 aromatic rings. The molecule has 194 valence electrons. The van der Waals surface area contributed by atoms with Crippen LogP contribution in [0.15, 0.2) is 40.8 Å². The maximum atomic E-state index is 11.0. The first-order chi connectivity index (χ1) is 16.7. The Morgan fingerprint density at radius 2 is 1.61 bits per heavy atom. The summed E-state index contributed by atoms with van der Waals surface area (Å²) in [5.74, 6) is 2.22. The number of carbonyl (C=O) groups excluding carboxylic acids is 1. The molecule has 1 heterocycles. The van der Waals surface area contributed by atoms with Gasteiger partial charge in [-0.15, -0.1) is 0 Å². The minimum atomic E-state index is -0.908. The topological polar surface area (TPSA) is 122 Å². The summed E-state index contributed by atoms with van der Waals surface area (Å²) in [5, 5.41) is 20.9. The van der Waals surface area contributed by atoms with E-state index in [4.69, 9.17) is 19.9 Å². The highest BCUT2D eigenvalue weighted by Crippen LogP contribution is 2.42. The first-order valence-corrected chi connectivity index (χ1v) is 12.0. The second-order valence-corrected chi connectivity index (χ2v) is 11.1. The Morgan fingerprint density at radius 1 is 1.06 bits per heavy atom. The van der Waals surface area contributed by atoms with Crippen LogP contribution in [0.1, 0.15) is 69.7 Å². The lowest BCUT2D eigenvalue weighted by molar-refractivity contribution is -0.0470. The molecular weight excluding hydrogens is 458 g/mol. The Kier molecular flexibility index (Phi) is 7.69. The predicted octanol–water partition coefficient (Wildman–Crippen LogP) is 5.84. The summed E-state index contributed by atoms with van der Waals surface area (Å²) in [6, 6.07) is 10.1. The van der Waals surface area contributed by atoms with Crippen molar-refractivity contribution in [2.75, 3.05) is 6.61 Å². The highest BCUT2D eigenvalue weighted by Gasteiger charge is 2.28. The smallest absolute Gasteiger partial charge is 0.338 e. The highest BCUT2D eigenvalue weighted by atomic mass is 16.5. The van der Waals surface area contributed by atoms with E-state index >= 15 is 0 Å². The van der Waals surface area contributed by atoms with Crippen molar-refractivity contribution in [3.63, 3.8) is 0 Å². The zero-order valence-electron chi connectivity index (χ0n) is 22.2. The monoisotopic (exact) mass is 495 g/mol. The minimum Gasteiger partial charge on any atom is -0.507 e. The molecule has 8 heteroatoms. The normalized spacial score (nSPS) is 12.0. The van der Waals surface area contributed by atoms with Crippen LogP contribution in [0.5, 0.6) is 11.5 Å². The lowest BCUT2D eigenvalue weighted by Gasteiger charge is -2.27. The molecule has 2 aromatic carbocycles. The molecule has 0 atom stereocenters. The number of aryl methyl sites for hydroxylation is 1. The number of primary amides is 1. The number of aromatic hydroxyl groups is 1. The molecule has 0 bridgehead atoms. The minimum absolute atomic E-state index is 0.00163. The zero-order chi connectivity index (χ0) is 26.8. The van der Waals surface area contributed by atoms with E-state index in [1.165, 1.54) is 0 Å². The van der Waals surface area contributed by atoms with Crippen LogP contribution in [0.2, 0.25) is 0 Å². The van der Waals surface area contributed by atoms with E-state index < -0.39 is 6.03 Å². The molecule has 1 aromatic heterocycles. The highest BCUT2D eigenvalue weighted by molar-refractivity contribution is 5.70. The molecular formula is C28H37N3O5. The number of phenolic OH excluding ortho intramolecular Hbond substituents is 1. The summed E-state index contributed by atoms with van der Waals surface area (Å²) in [4.78, 5) is 15.7. The first-order valence-electron chi connectivity index (χ1n) is 12.0. The molecule has 3 rings (SSSR count). The van der Waals surface area contributed by atoms with Crippen molar-refractivity contribution in [3.8, 4) is 23.0 Å². The van der Waals surface area contributed by atoms with Crippen LogP contribution in [0.25, 0.3) is 11.5 Å². The molecule has 4 N–H and O–H groups in total. The summed E-state index contributed by atoms with van der Waals surface area (Å²) in [6.45, 7) is 14.7. The summed E-state index contributed by atoms with van der Waals surface area (Å²) in [6.07, 6.45) is 0.555. The molecule has 0 aliphatic rings. The summed E-state index contributed by atoms with van der Waals surface area (Å²) < 4.78 is 11.9. The van der Waals surface area contributed by atoms with E-state index in [-0.39, 0.29) is 17.4 Å². The van der Waals surface area contributed by atoms with E-state index in [0.717, 1.165) is 33.7 Å². The number of carbonyl (C=O) groups is 1. The van der Waals surface area contributed by atoms with Gasteiger partial charge in [-0.1, -0.05) is 53.7 Å². The molecule has 0 unspecified atom stereocenters. The number of rotatable bonds is 7. The Bertz CT molecular complexity index is 1180. The van der Waals surface area contributed by atoms with Crippen molar-refractivity contribution in [2.24, 2.45) is 5.73 Å². The zero-order valence-corrected chi connectivity index (χ0v) is 22.2. The van der Waals surface area contributed by atoms with Gasteiger partial charge in [0.25, 0.3) is 0 Å². The third kappa shape index (κ3) is 6.37. The average molecular weight is 496 g/mol. The van der Waals surface area contributed by atoms with Crippen LogP contribution in [-0.4, -0.2) is 33.0 Å². The third-order valence-corrected chi connectivity index (χ3v) is 5.98. The van der Waals surface area contributed by atoms with Gasteiger partial charge in [0.1, 0.15) is 17.3 Å². The van der Waals surface area contributed by atoms with Crippen LogP contribution in [-0.2, 0) is 23.8 Å². The van der Waals surface area contributed by atoms with Crippen LogP contribution in [0.4, 0.5) is 4.79 Å². The summed E-state index contributed by atoms with van der Waals surface area (Å²) in [7, 11) is 0. The van der Waals surface area contributed by atoms with Crippen LogP contribution >= 0.6 is 0 Å². The van der Waals surface area contributed by atoms with Gasteiger partial charge in [-0.25, -0.2) is 14.8 Å². The summed E-state index contributed by atoms with van der Waals surface area (Å²) in [5.41, 5.74) is 8.61. The number of amides is 2. The molecule has 0 saturated carbocycles. The number of hydrogen-bond donors (Lipinski definition) is 3. The van der Waals surface area contributed by atoms with Gasteiger partial charge >= 0.3 is 6.03 Å². The van der Waals surface area contributed by atoms with Gasteiger partial charge in [-0.2, -0.15) is 0 Å². The van der Waals surface area contributed by atoms with E-state index in [0.29, 0.717) is 35.5 Å². The number of benzene rings is 2. The Labute approximate surface area is 212 Å². The predicted molar refractivity (Wildman–Crippen MR) is 138 cm³/mol. The SMILES string of the molecule is Cc1oc(-c2cc(C(C)(C)C)c(O)c(C(C)(C)C)c2)nc1CCOc1ccc(CN(O)C(N)=O)cc1. The molecule has 2 amide bonds. The average Bonchev–Trinajstić information content (AvgIpc) is 3.13. The fourth-order valence-electron chi connectivity index (χ4n) is 3.89. The van der Waals surface area contributed by atoms with Crippen molar-refractivity contribution >= 4 is 6.03 Å². The van der Waals surface area contributed by atoms with Gasteiger partial charge in [0, 0.05) is 23.1 Å². The molecule has 0 radical (unpaired) electrons. The number of phenols is 1. The number of oxazole rings is 1. The number of hydroxylamine groups is 2. The van der Waals surface area contributed by atoms with Crippen molar-refractivity contribution < 1.29 is 24.3 Å². The van der Waals surface area contributed by atoms with Crippen LogP contribution in [0, 0.1) is 6.92 Å². The molecule has 8 nitrogen and oxygen atoms in total. The van der Waals surface area contributed by atoms with Crippen molar-refractivity contribution in [3.05, 3.63) is 64.5 Å². The molecule has 0 fully saturated rings. The molecule has 0 aliphatic heterocycles. The Hall–Kier alpha value is -3.52. The number of nitrogens with two attached hydrogens (primary N) is 1. The first kappa shape index (κ1) is 27.1. The second-order valence-electron chi connectivity index (χ2n) is 11.1. The van der Waals surface area contributed by atoms with Gasteiger partial charge in [0.2, 0.25) is 5.89 Å². The number of aromatic nitrogens is 1. The van der Waals surface area contributed by atoms with Gasteiger partial charge in [0.15, 0.2) is 0 Å². The van der Waals surface area contributed by atoms with Gasteiger partial charge < -0.3 is 20.0 Å². The number of hydrogen-bond acceptors (Lipinski definition) is 6. The van der Waals surface area contributed by atoms with E-state index in [1.807, 2.05) is 19.1 Å². The van der Waals surface area contributed by atoms with Crippen molar-refractivity contribution in [2.45, 2.75) is 72.3 Å². The fraction of sp³-hybridized carbons (Fsp3) is 0.429. The van der Waals surface area contributed by atoms with Gasteiger partial charge in [-0.05, 0) is 47.6 Å². The molecule has 36 heavy (non-hydrogen) atoms. The number of nitrogens with zero attached hydrogens (tertiary/aromatic N) is 2. The van der Waals surface area contributed by atoms with Gasteiger partial charge in [0.05, 0.1) is 18.8 Å². The van der Waals surface area contributed by atoms with Crippen molar-refractivity contribution in [1.29, 1.82) is 0 Å². The maximum Gasteiger partial charge on any atom is 0.338 e. The van der Waals surface area contributed by atoms with E-state index in [2.05, 4.69) is 41.5 Å². The molecule has 0 spiro atoms.